The Hall–Kier alpha value is -1.87. The molecule has 1 aliphatic heterocycles. The van der Waals surface area contributed by atoms with E-state index in [1.807, 2.05) is 0 Å². The molecule has 0 amide bonds. The fourth-order valence-corrected chi connectivity index (χ4v) is 6.48. The third-order valence-corrected chi connectivity index (χ3v) is 13.0. The zero-order valence-corrected chi connectivity index (χ0v) is 23.1. The van der Waals surface area contributed by atoms with Crippen molar-refractivity contribution in [2.24, 2.45) is 11.8 Å². The molecule has 0 spiro atoms. The second kappa shape index (κ2) is 9.54. The zero-order valence-electron chi connectivity index (χ0n) is 22.1. The number of hydrogen-bond donors (Lipinski definition) is 1. The highest BCUT2D eigenvalue weighted by atomic mass is 28.4. The van der Waals surface area contributed by atoms with Gasteiger partial charge < -0.3 is 15.1 Å². The molecule has 4 rings (SSSR count). The molecule has 1 saturated heterocycles. The molecule has 2 fully saturated rings. The van der Waals surface area contributed by atoms with Crippen LogP contribution in [0.4, 0.5) is 20.3 Å². The van der Waals surface area contributed by atoms with Crippen molar-refractivity contribution in [2.75, 3.05) is 23.7 Å². The standard InChI is InChI=1S/C26H41F2N5OSi/c1-17(18-8-10-19(11-9-18)34-35(5,6)25(2,3)4)7-12-22-30-13-20-23(32-22)21(14-31-24(20)29)33-15-26(27,28)16-33/h13-14,17-19H,7-12,15-16H2,1-6H3,(H2,29,31). The van der Waals surface area contributed by atoms with E-state index in [-0.39, 0.29) is 18.1 Å². The molecule has 1 saturated carbocycles. The largest absolute Gasteiger partial charge is 0.414 e. The third kappa shape index (κ3) is 5.76. The Labute approximate surface area is 209 Å². The predicted molar refractivity (Wildman–Crippen MR) is 140 cm³/mol. The molecule has 6 nitrogen and oxygen atoms in total. The van der Waals surface area contributed by atoms with E-state index in [0.29, 0.717) is 40.3 Å². The highest BCUT2D eigenvalue weighted by Gasteiger charge is 2.45. The van der Waals surface area contributed by atoms with Gasteiger partial charge in [-0.15, -0.1) is 0 Å². The summed E-state index contributed by atoms with van der Waals surface area (Å²) >= 11 is 0. The van der Waals surface area contributed by atoms with Gasteiger partial charge in [0, 0.05) is 18.7 Å². The Balaban J connectivity index is 1.35. The molecule has 3 heterocycles. The molecule has 0 radical (unpaired) electrons. The lowest BCUT2D eigenvalue weighted by atomic mass is 9.78. The van der Waals surface area contributed by atoms with Crippen LogP contribution in [-0.2, 0) is 10.8 Å². The van der Waals surface area contributed by atoms with Gasteiger partial charge >= 0.3 is 0 Å². The molecular formula is C26H41F2N5OSi. The Kier molecular flexibility index (Phi) is 7.14. The van der Waals surface area contributed by atoms with Crippen molar-refractivity contribution >= 4 is 30.7 Å². The predicted octanol–water partition coefficient (Wildman–Crippen LogP) is 6.21. The van der Waals surface area contributed by atoms with Crippen molar-refractivity contribution in [3.8, 4) is 0 Å². The molecule has 1 atom stereocenters. The van der Waals surface area contributed by atoms with Gasteiger partial charge in [-0.05, 0) is 62.1 Å². The number of nitrogens with zero attached hydrogens (tertiary/aromatic N) is 4. The number of halogens is 2. The molecule has 0 aromatic carbocycles. The van der Waals surface area contributed by atoms with Crippen molar-refractivity contribution < 1.29 is 13.2 Å². The first-order chi connectivity index (χ1) is 16.3. The van der Waals surface area contributed by atoms with Crippen LogP contribution in [0, 0.1) is 11.8 Å². The summed E-state index contributed by atoms with van der Waals surface area (Å²) in [6.07, 6.45) is 10.1. The molecule has 194 valence electrons. The summed E-state index contributed by atoms with van der Waals surface area (Å²) < 4.78 is 33.6. The molecule has 9 heteroatoms. The number of alkyl halides is 2. The van der Waals surface area contributed by atoms with Crippen molar-refractivity contribution in [3.05, 3.63) is 18.2 Å². The van der Waals surface area contributed by atoms with Gasteiger partial charge in [-0.25, -0.2) is 23.7 Å². The fourth-order valence-electron chi connectivity index (χ4n) is 5.06. The number of rotatable bonds is 7. The fraction of sp³-hybridized carbons (Fsp3) is 0.731. The summed E-state index contributed by atoms with van der Waals surface area (Å²) in [5.74, 6) is -0.341. The third-order valence-electron chi connectivity index (χ3n) is 8.48. The molecule has 2 aliphatic rings. The molecule has 2 N–H and O–H groups in total. The number of aryl methyl sites for hydroxylation is 1. The lowest BCUT2D eigenvalue weighted by Crippen LogP contribution is -2.56. The maximum atomic E-state index is 13.5. The average Bonchev–Trinajstić information content (AvgIpc) is 2.75. The second-order valence-corrected chi connectivity index (χ2v) is 17.0. The Morgan fingerprint density at radius 3 is 2.40 bits per heavy atom. The average molecular weight is 506 g/mol. The Morgan fingerprint density at radius 2 is 1.80 bits per heavy atom. The SMILES string of the molecule is CC(CCc1ncc2c(N)ncc(N3CC(F)(F)C3)c2n1)C1CCC(O[Si](C)(C)C(C)(C)C)CC1. The van der Waals surface area contributed by atoms with E-state index in [1.54, 1.807) is 17.3 Å². The van der Waals surface area contributed by atoms with Crippen LogP contribution < -0.4 is 10.6 Å². The summed E-state index contributed by atoms with van der Waals surface area (Å²) in [4.78, 5) is 15.0. The summed E-state index contributed by atoms with van der Waals surface area (Å²) in [7, 11) is -1.72. The van der Waals surface area contributed by atoms with Crippen LogP contribution in [0.25, 0.3) is 10.9 Å². The van der Waals surface area contributed by atoms with Crippen molar-refractivity contribution in [1.29, 1.82) is 0 Å². The number of nitrogen functional groups attached to an aromatic ring is 1. The van der Waals surface area contributed by atoms with Crippen LogP contribution in [0.15, 0.2) is 12.4 Å². The summed E-state index contributed by atoms with van der Waals surface area (Å²) in [6, 6.07) is 0. The van der Waals surface area contributed by atoms with Crippen molar-refractivity contribution in [2.45, 2.75) is 96.4 Å². The van der Waals surface area contributed by atoms with E-state index in [4.69, 9.17) is 15.1 Å². The Morgan fingerprint density at radius 1 is 1.14 bits per heavy atom. The topological polar surface area (TPSA) is 77.2 Å². The highest BCUT2D eigenvalue weighted by Crippen LogP contribution is 2.41. The van der Waals surface area contributed by atoms with Gasteiger partial charge in [-0.2, -0.15) is 0 Å². The highest BCUT2D eigenvalue weighted by molar-refractivity contribution is 6.74. The van der Waals surface area contributed by atoms with E-state index in [2.05, 4.69) is 50.8 Å². The molecule has 2 aromatic heterocycles. The number of hydrogen-bond acceptors (Lipinski definition) is 6. The van der Waals surface area contributed by atoms with Gasteiger partial charge in [0.1, 0.15) is 17.2 Å². The number of anilines is 2. The number of aromatic nitrogens is 3. The lowest BCUT2D eigenvalue weighted by Gasteiger charge is -2.42. The minimum absolute atomic E-state index is 0.244. The monoisotopic (exact) mass is 505 g/mol. The van der Waals surface area contributed by atoms with Gasteiger partial charge in [0.15, 0.2) is 8.32 Å². The van der Waals surface area contributed by atoms with Gasteiger partial charge in [0.05, 0.1) is 30.4 Å². The zero-order chi connectivity index (χ0) is 25.6. The summed E-state index contributed by atoms with van der Waals surface area (Å²) in [5.41, 5.74) is 7.24. The van der Waals surface area contributed by atoms with Crippen LogP contribution >= 0.6 is 0 Å². The van der Waals surface area contributed by atoms with Crippen LogP contribution in [0.5, 0.6) is 0 Å². The Bertz CT molecular complexity index is 1040. The first-order valence-electron chi connectivity index (χ1n) is 13.0. The molecule has 0 bridgehead atoms. The van der Waals surface area contributed by atoms with Gasteiger partial charge in [0.25, 0.3) is 5.92 Å². The molecule has 1 aliphatic carbocycles. The number of pyridine rings is 1. The van der Waals surface area contributed by atoms with Crippen molar-refractivity contribution in [3.63, 3.8) is 0 Å². The number of nitrogens with two attached hydrogens (primary N) is 1. The van der Waals surface area contributed by atoms with Crippen LogP contribution in [0.3, 0.4) is 0 Å². The van der Waals surface area contributed by atoms with Crippen LogP contribution in [-0.4, -0.2) is 48.4 Å². The molecule has 35 heavy (non-hydrogen) atoms. The molecule has 2 aromatic rings. The second-order valence-electron chi connectivity index (χ2n) is 12.2. The lowest BCUT2D eigenvalue weighted by molar-refractivity contribution is -0.0261. The maximum absolute atomic E-state index is 13.5. The maximum Gasteiger partial charge on any atom is 0.282 e. The minimum Gasteiger partial charge on any atom is -0.414 e. The smallest absolute Gasteiger partial charge is 0.282 e. The van der Waals surface area contributed by atoms with Gasteiger partial charge in [-0.3, -0.25) is 0 Å². The van der Waals surface area contributed by atoms with E-state index in [1.165, 1.54) is 12.8 Å². The first-order valence-corrected chi connectivity index (χ1v) is 15.9. The minimum atomic E-state index is -2.66. The normalized spacial score (nSPS) is 23.8. The van der Waals surface area contributed by atoms with E-state index in [9.17, 15) is 8.78 Å². The van der Waals surface area contributed by atoms with Gasteiger partial charge in [0.2, 0.25) is 0 Å². The van der Waals surface area contributed by atoms with Crippen LogP contribution in [0.1, 0.15) is 65.6 Å². The van der Waals surface area contributed by atoms with Gasteiger partial charge in [-0.1, -0.05) is 27.7 Å². The summed E-state index contributed by atoms with van der Waals surface area (Å²) in [6.45, 7) is 13.3. The molecular weight excluding hydrogens is 464 g/mol. The van der Waals surface area contributed by atoms with Crippen molar-refractivity contribution in [1.82, 2.24) is 15.0 Å². The van der Waals surface area contributed by atoms with E-state index >= 15 is 0 Å². The van der Waals surface area contributed by atoms with E-state index < -0.39 is 14.2 Å². The quantitative estimate of drug-likeness (QED) is 0.451. The van der Waals surface area contributed by atoms with Crippen LogP contribution in [0.2, 0.25) is 18.1 Å². The molecule has 1 unspecified atom stereocenters. The summed E-state index contributed by atoms with van der Waals surface area (Å²) in [5, 5.41) is 0.864. The first kappa shape index (κ1) is 26.2. The number of fused-ring (bicyclic) bond motifs is 1. The van der Waals surface area contributed by atoms with E-state index in [0.717, 1.165) is 31.5 Å².